The van der Waals surface area contributed by atoms with E-state index >= 15 is 0 Å². The molecule has 0 aromatic heterocycles. The van der Waals surface area contributed by atoms with E-state index in [1.807, 2.05) is 6.07 Å². The summed E-state index contributed by atoms with van der Waals surface area (Å²) in [5.41, 5.74) is 2.46. The van der Waals surface area contributed by atoms with Gasteiger partial charge in [0.25, 0.3) is 0 Å². The van der Waals surface area contributed by atoms with Gasteiger partial charge in [-0.15, -0.1) is 0 Å². The van der Waals surface area contributed by atoms with Gasteiger partial charge in [0.2, 0.25) is 0 Å². The van der Waals surface area contributed by atoms with Crippen LogP contribution in [0.2, 0.25) is 0 Å². The molecule has 0 aliphatic rings. The maximum atomic E-state index is 9.77. The summed E-state index contributed by atoms with van der Waals surface area (Å²) in [6.45, 7) is 4.39. The Labute approximate surface area is 112 Å². The molecule has 1 unspecified atom stereocenters. The van der Waals surface area contributed by atoms with Gasteiger partial charge in [0.15, 0.2) is 0 Å². The minimum absolute atomic E-state index is 0.456. The Morgan fingerprint density at radius 2 is 2.00 bits per heavy atom. The largest absolute Gasteiger partial charge is 0.508 e. The lowest BCUT2D eigenvalue weighted by Gasteiger charge is -2.12. The molecule has 1 aromatic rings. The van der Waals surface area contributed by atoms with Crippen molar-refractivity contribution in [1.82, 2.24) is 0 Å². The maximum Gasteiger partial charge on any atom is 0.118 e. The fraction of sp³-hybridized carbons (Fsp3) is 0.571. The first-order valence-corrected chi connectivity index (χ1v) is 7.39. The average molecular weight is 332 g/mol. The molecule has 0 bridgehead atoms. The molecule has 0 aliphatic carbocycles. The van der Waals surface area contributed by atoms with E-state index in [4.69, 9.17) is 0 Å². The van der Waals surface area contributed by atoms with Crippen molar-refractivity contribution in [3.05, 3.63) is 29.3 Å². The molecule has 0 saturated carbocycles. The van der Waals surface area contributed by atoms with Gasteiger partial charge in [0.1, 0.15) is 5.75 Å². The van der Waals surface area contributed by atoms with Crippen LogP contribution in [-0.4, -0.2) is 5.11 Å². The SMILES string of the molecule is CCCCc1cc(C(I)CCC)ccc1O. The van der Waals surface area contributed by atoms with Crippen molar-refractivity contribution in [2.24, 2.45) is 0 Å². The number of phenolic OH excluding ortho intramolecular Hbond substituents is 1. The standard InChI is InChI=1S/C14H21IO/c1-3-5-7-12-10-11(8-9-14(12)16)13(15)6-4-2/h8-10,13,16H,3-7H2,1-2H3. The van der Waals surface area contributed by atoms with Crippen molar-refractivity contribution >= 4 is 22.6 Å². The number of hydrogen-bond acceptors (Lipinski definition) is 1. The lowest BCUT2D eigenvalue weighted by molar-refractivity contribution is 0.466. The summed E-state index contributed by atoms with van der Waals surface area (Å²) < 4.78 is 0.573. The second-order valence-electron chi connectivity index (χ2n) is 4.25. The van der Waals surface area contributed by atoms with Gasteiger partial charge in [-0.25, -0.2) is 0 Å². The highest BCUT2D eigenvalue weighted by Crippen LogP contribution is 2.31. The molecule has 1 N–H and O–H groups in total. The van der Waals surface area contributed by atoms with Crippen LogP contribution in [0.4, 0.5) is 0 Å². The third kappa shape index (κ3) is 3.96. The molecule has 0 spiro atoms. The smallest absolute Gasteiger partial charge is 0.118 e. The first kappa shape index (κ1) is 13.8. The van der Waals surface area contributed by atoms with Gasteiger partial charge in [-0.05, 0) is 36.5 Å². The highest BCUT2D eigenvalue weighted by molar-refractivity contribution is 14.1. The third-order valence-corrected chi connectivity index (χ3v) is 4.15. The molecule has 0 fully saturated rings. The summed E-state index contributed by atoms with van der Waals surface area (Å²) >= 11 is 2.49. The molecule has 16 heavy (non-hydrogen) atoms. The van der Waals surface area contributed by atoms with Crippen LogP contribution in [0.1, 0.15) is 54.6 Å². The molecule has 0 amide bonds. The number of unbranched alkanes of at least 4 members (excludes halogenated alkanes) is 1. The third-order valence-electron chi connectivity index (χ3n) is 2.81. The number of aryl methyl sites for hydroxylation is 1. The summed E-state index contributed by atoms with van der Waals surface area (Å²) in [5, 5.41) is 9.77. The molecule has 90 valence electrons. The quantitative estimate of drug-likeness (QED) is 0.573. The Hall–Kier alpha value is -0.250. The maximum absolute atomic E-state index is 9.77. The van der Waals surface area contributed by atoms with Gasteiger partial charge in [-0.1, -0.05) is 61.4 Å². The monoisotopic (exact) mass is 332 g/mol. The number of hydrogen-bond donors (Lipinski definition) is 1. The number of benzene rings is 1. The molecule has 2 heteroatoms. The van der Waals surface area contributed by atoms with Crippen molar-refractivity contribution < 1.29 is 5.11 Å². The topological polar surface area (TPSA) is 20.2 Å². The average Bonchev–Trinajstić information content (AvgIpc) is 2.28. The summed E-state index contributed by atoms with van der Waals surface area (Å²) in [4.78, 5) is 0. The van der Waals surface area contributed by atoms with Crippen molar-refractivity contribution in [3.63, 3.8) is 0 Å². The zero-order valence-corrected chi connectivity index (χ0v) is 12.3. The van der Waals surface area contributed by atoms with Crippen LogP contribution in [0, 0.1) is 0 Å². The van der Waals surface area contributed by atoms with Crippen LogP contribution in [-0.2, 0) is 6.42 Å². The fourth-order valence-electron chi connectivity index (χ4n) is 1.79. The molecule has 0 saturated heterocycles. The highest BCUT2D eigenvalue weighted by Gasteiger charge is 2.09. The Bertz CT molecular complexity index is 323. The van der Waals surface area contributed by atoms with Crippen molar-refractivity contribution in [3.8, 4) is 5.75 Å². The fourth-order valence-corrected chi connectivity index (χ4v) is 2.80. The van der Waals surface area contributed by atoms with Crippen molar-refractivity contribution in [1.29, 1.82) is 0 Å². The second-order valence-corrected chi connectivity index (χ2v) is 5.75. The van der Waals surface area contributed by atoms with E-state index in [-0.39, 0.29) is 0 Å². The van der Waals surface area contributed by atoms with Crippen LogP contribution in [0.25, 0.3) is 0 Å². The van der Waals surface area contributed by atoms with Crippen LogP contribution < -0.4 is 0 Å². The van der Waals surface area contributed by atoms with Gasteiger partial charge in [0.05, 0.1) is 0 Å². The number of halogens is 1. The second kappa shape index (κ2) is 7.15. The summed E-state index contributed by atoms with van der Waals surface area (Å²) in [7, 11) is 0. The number of aromatic hydroxyl groups is 1. The zero-order valence-electron chi connectivity index (χ0n) is 10.2. The lowest BCUT2D eigenvalue weighted by atomic mass is 10.0. The van der Waals surface area contributed by atoms with E-state index in [9.17, 15) is 5.11 Å². The molecule has 0 radical (unpaired) electrons. The Morgan fingerprint density at radius 1 is 1.25 bits per heavy atom. The van der Waals surface area contributed by atoms with Crippen molar-refractivity contribution in [2.75, 3.05) is 0 Å². The van der Waals surface area contributed by atoms with E-state index in [1.165, 1.54) is 24.8 Å². The summed E-state index contributed by atoms with van der Waals surface area (Å²) in [6, 6.07) is 6.08. The minimum Gasteiger partial charge on any atom is -0.508 e. The van der Waals surface area contributed by atoms with Crippen LogP contribution >= 0.6 is 22.6 Å². The van der Waals surface area contributed by atoms with Crippen LogP contribution in [0.3, 0.4) is 0 Å². The molecule has 1 nitrogen and oxygen atoms in total. The number of rotatable bonds is 6. The predicted molar refractivity (Wildman–Crippen MR) is 78.4 cm³/mol. The van der Waals surface area contributed by atoms with E-state index in [0.29, 0.717) is 9.67 Å². The first-order chi connectivity index (χ1) is 7.69. The lowest BCUT2D eigenvalue weighted by Crippen LogP contribution is -1.93. The molecule has 1 aromatic carbocycles. The Kier molecular flexibility index (Phi) is 6.17. The molecule has 1 rings (SSSR count). The first-order valence-electron chi connectivity index (χ1n) is 6.14. The summed E-state index contributed by atoms with van der Waals surface area (Å²) in [5.74, 6) is 0.456. The summed E-state index contributed by atoms with van der Waals surface area (Å²) in [6.07, 6.45) is 5.73. The van der Waals surface area contributed by atoms with Crippen LogP contribution in [0.5, 0.6) is 5.75 Å². The van der Waals surface area contributed by atoms with Crippen LogP contribution in [0.15, 0.2) is 18.2 Å². The van der Waals surface area contributed by atoms with E-state index in [0.717, 1.165) is 18.4 Å². The highest BCUT2D eigenvalue weighted by atomic mass is 127. The van der Waals surface area contributed by atoms with E-state index in [2.05, 4.69) is 48.6 Å². The molecule has 1 atom stereocenters. The molecule has 0 aliphatic heterocycles. The molecule has 0 heterocycles. The van der Waals surface area contributed by atoms with Gasteiger partial charge < -0.3 is 5.11 Å². The van der Waals surface area contributed by atoms with E-state index in [1.54, 1.807) is 0 Å². The van der Waals surface area contributed by atoms with Gasteiger partial charge in [-0.3, -0.25) is 0 Å². The zero-order chi connectivity index (χ0) is 12.0. The molecular weight excluding hydrogens is 311 g/mol. The Morgan fingerprint density at radius 3 is 2.62 bits per heavy atom. The van der Waals surface area contributed by atoms with Gasteiger partial charge in [-0.2, -0.15) is 0 Å². The normalized spacial score (nSPS) is 12.7. The Balaban J connectivity index is 2.80. The molecular formula is C14H21IO. The van der Waals surface area contributed by atoms with E-state index < -0.39 is 0 Å². The number of phenols is 1. The number of alkyl halides is 1. The van der Waals surface area contributed by atoms with Gasteiger partial charge >= 0.3 is 0 Å². The van der Waals surface area contributed by atoms with Crippen molar-refractivity contribution in [2.45, 2.75) is 49.9 Å². The minimum atomic E-state index is 0.456. The van der Waals surface area contributed by atoms with Gasteiger partial charge in [0, 0.05) is 3.92 Å². The predicted octanol–water partition coefficient (Wildman–Crippen LogP) is 5.01.